The van der Waals surface area contributed by atoms with Crippen LogP contribution in [0.4, 0.5) is 24.5 Å². The van der Waals surface area contributed by atoms with Gasteiger partial charge in [0.15, 0.2) is 5.82 Å². The summed E-state index contributed by atoms with van der Waals surface area (Å²) in [7, 11) is 0. The molecule has 0 bridgehead atoms. The largest absolute Gasteiger partial charge is 0.411 e. The molecule has 2 atom stereocenters. The van der Waals surface area contributed by atoms with Gasteiger partial charge in [0.25, 0.3) is 5.91 Å². The van der Waals surface area contributed by atoms with E-state index in [1.165, 1.54) is 25.6 Å². The third-order valence-electron chi connectivity index (χ3n) is 6.83. The van der Waals surface area contributed by atoms with Gasteiger partial charge in [-0.15, -0.1) is 10.2 Å². The second-order valence-corrected chi connectivity index (χ2v) is 9.65. The van der Waals surface area contributed by atoms with Crippen molar-refractivity contribution in [1.29, 1.82) is 0 Å². The van der Waals surface area contributed by atoms with Gasteiger partial charge in [-0.2, -0.15) is 13.2 Å². The van der Waals surface area contributed by atoms with E-state index >= 15 is 0 Å². The Balaban J connectivity index is 1.24. The van der Waals surface area contributed by atoms with E-state index in [0.717, 1.165) is 12.2 Å². The van der Waals surface area contributed by atoms with E-state index in [0.29, 0.717) is 29.0 Å². The first-order chi connectivity index (χ1) is 18.3. The summed E-state index contributed by atoms with van der Waals surface area (Å²) in [5, 5.41) is 10.9. The number of ether oxygens (including phenoxy) is 1. The van der Waals surface area contributed by atoms with Crippen LogP contribution < -0.4 is 10.2 Å². The van der Waals surface area contributed by atoms with Crippen molar-refractivity contribution in [3.63, 3.8) is 0 Å². The molecule has 5 rings (SSSR count). The predicted molar refractivity (Wildman–Crippen MR) is 136 cm³/mol. The normalized spacial score (nSPS) is 18.4. The van der Waals surface area contributed by atoms with Crippen LogP contribution in [-0.2, 0) is 4.74 Å². The molecule has 1 aliphatic carbocycles. The van der Waals surface area contributed by atoms with Crippen molar-refractivity contribution in [3.05, 3.63) is 54.6 Å². The Morgan fingerprint density at radius 2 is 2.08 bits per heavy atom. The minimum Gasteiger partial charge on any atom is -0.370 e. The van der Waals surface area contributed by atoms with E-state index in [1.807, 2.05) is 12.4 Å². The van der Waals surface area contributed by atoms with Crippen LogP contribution in [0.5, 0.6) is 0 Å². The monoisotopic (exact) mass is 527 g/mol. The zero-order chi connectivity index (χ0) is 26.7. The van der Waals surface area contributed by atoms with Gasteiger partial charge < -0.3 is 19.5 Å². The first kappa shape index (κ1) is 25.8. The molecule has 38 heavy (non-hydrogen) atoms. The number of rotatable bonds is 9. The van der Waals surface area contributed by atoms with Crippen molar-refractivity contribution in [2.75, 3.05) is 30.0 Å². The van der Waals surface area contributed by atoms with Gasteiger partial charge in [0.05, 0.1) is 25.0 Å². The van der Waals surface area contributed by atoms with Crippen LogP contribution in [0.2, 0.25) is 0 Å². The molecule has 1 fully saturated rings. The SMILES string of the molecule is CC(COCC(F)(F)F)n1cnnc1-c1cccc(NC(=O)c2cc(N3C=NC(C4CCC4)C3)ccn2)c1. The average molecular weight is 528 g/mol. The number of aliphatic imine (C=N–C) groups is 1. The van der Waals surface area contributed by atoms with Gasteiger partial charge >= 0.3 is 6.18 Å². The molecule has 1 N–H and O–H groups in total. The summed E-state index contributed by atoms with van der Waals surface area (Å²) in [4.78, 5) is 24.0. The van der Waals surface area contributed by atoms with E-state index in [9.17, 15) is 18.0 Å². The fourth-order valence-electron chi connectivity index (χ4n) is 4.58. The minimum atomic E-state index is -4.39. The number of anilines is 2. The lowest BCUT2D eigenvalue weighted by atomic mass is 9.80. The molecule has 0 spiro atoms. The number of benzene rings is 1. The molecular weight excluding hydrogens is 499 g/mol. The van der Waals surface area contributed by atoms with Crippen molar-refractivity contribution in [3.8, 4) is 11.4 Å². The number of pyridine rings is 1. The standard InChI is InChI=1S/C26H28F3N7O2/c1-17(13-38-14-26(27,28)29)36-16-32-34-24(36)19-6-3-7-20(10-19)33-25(37)22-11-21(8-9-30-22)35-12-23(31-15-35)18-4-2-5-18/h3,6-11,15-18,23H,2,4-5,12-14H2,1H3,(H,33,37). The molecular formula is C26H28F3N7O2. The highest BCUT2D eigenvalue weighted by molar-refractivity contribution is 6.04. The van der Waals surface area contributed by atoms with E-state index in [2.05, 4.69) is 30.4 Å². The molecule has 9 nitrogen and oxygen atoms in total. The van der Waals surface area contributed by atoms with E-state index < -0.39 is 18.8 Å². The molecule has 2 aromatic heterocycles. The quantitative estimate of drug-likeness (QED) is 0.431. The fraction of sp³-hybridized carbons (Fsp3) is 0.423. The van der Waals surface area contributed by atoms with Gasteiger partial charge in [0, 0.05) is 29.7 Å². The Morgan fingerprint density at radius 1 is 1.24 bits per heavy atom. The van der Waals surface area contributed by atoms with Crippen LogP contribution in [0, 0.1) is 5.92 Å². The Hall–Kier alpha value is -3.80. The van der Waals surface area contributed by atoms with Crippen LogP contribution in [0.1, 0.15) is 42.7 Å². The van der Waals surface area contributed by atoms with Gasteiger partial charge in [-0.05, 0) is 49.9 Å². The summed E-state index contributed by atoms with van der Waals surface area (Å²) in [6.45, 7) is 1.04. The molecule has 0 saturated heterocycles. The zero-order valence-corrected chi connectivity index (χ0v) is 20.8. The number of halogens is 3. The number of alkyl halides is 3. The van der Waals surface area contributed by atoms with Crippen molar-refractivity contribution >= 4 is 23.6 Å². The Morgan fingerprint density at radius 3 is 2.84 bits per heavy atom. The maximum atomic E-state index is 13.0. The maximum absolute atomic E-state index is 13.0. The number of hydrogen-bond acceptors (Lipinski definition) is 7. The first-order valence-electron chi connectivity index (χ1n) is 12.5. The van der Waals surface area contributed by atoms with Gasteiger partial charge in [0.1, 0.15) is 18.6 Å². The Kier molecular flexibility index (Phi) is 7.41. The summed E-state index contributed by atoms with van der Waals surface area (Å²) < 4.78 is 43.7. The molecule has 2 aliphatic rings. The first-order valence-corrected chi connectivity index (χ1v) is 12.5. The van der Waals surface area contributed by atoms with E-state index in [4.69, 9.17) is 4.74 Å². The lowest BCUT2D eigenvalue weighted by molar-refractivity contribution is -0.175. The highest BCUT2D eigenvalue weighted by Crippen LogP contribution is 2.34. The molecule has 3 heterocycles. The van der Waals surface area contributed by atoms with Crippen molar-refractivity contribution in [2.24, 2.45) is 10.9 Å². The smallest absolute Gasteiger partial charge is 0.370 e. The molecule has 1 amide bonds. The van der Waals surface area contributed by atoms with Crippen LogP contribution in [-0.4, -0.2) is 64.0 Å². The zero-order valence-electron chi connectivity index (χ0n) is 20.8. The molecule has 0 radical (unpaired) electrons. The van der Waals surface area contributed by atoms with Crippen LogP contribution in [0.3, 0.4) is 0 Å². The number of amides is 1. The maximum Gasteiger partial charge on any atom is 0.411 e. The number of carbonyl (C=O) groups excluding carboxylic acids is 1. The highest BCUT2D eigenvalue weighted by Gasteiger charge is 2.31. The number of nitrogens with zero attached hydrogens (tertiary/aromatic N) is 6. The van der Waals surface area contributed by atoms with Crippen LogP contribution in [0.15, 0.2) is 53.9 Å². The predicted octanol–water partition coefficient (Wildman–Crippen LogP) is 4.75. The molecule has 1 aromatic carbocycles. The summed E-state index contributed by atoms with van der Waals surface area (Å²) in [6.07, 6.45) is 4.21. The third kappa shape index (κ3) is 6.01. The second kappa shape index (κ2) is 10.9. The molecule has 1 saturated carbocycles. The lowest BCUT2D eigenvalue weighted by Crippen LogP contribution is -2.31. The summed E-state index contributed by atoms with van der Waals surface area (Å²) in [5.74, 6) is 0.721. The van der Waals surface area contributed by atoms with E-state index in [1.54, 1.807) is 48.0 Å². The number of carbonyl (C=O) groups is 1. The van der Waals surface area contributed by atoms with Gasteiger partial charge in [-0.25, -0.2) is 0 Å². The minimum absolute atomic E-state index is 0.161. The second-order valence-electron chi connectivity index (χ2n) is 9.65. The number of hydrogen-bond donors (Lipinski definition) is 1. The number of nitrogens with one attached hydrogen (secondary N) is 1. The van der Waals surface area contributed by atoms with Gasteiger partial charge in [-0.1, -0.05) is 18.6 Å². The topological polar surface area (TPSA) is 97.5 Å². The third-order valence-corrected chi connectivity index (χ3v) is 6.83. The lowest BCUT2D eigenvalue weighted by Gasteiger charge is -2.30. The summed E-state index contributed by atoms with van der Waals surface area (Å²) in [5.41, 5.74) is 2.29. The Labute approximate surface area is 217 Å². The molecule has 200 valence electrons. The fourth-order valence-corrected chi connectivity index (χ4v) is 4.58. The van der Waals surface area contributed by atoms with Gasteiger partial charge in [0.2, 0.25) is 0 Å². The Bertz CT molecular complexity index is 1310. The van der Waals surface area contributed by atoms with Gasteiger partial charge in [-0.3, -0.25) is 14.8 Å². The number of aromatic nitrogens is 4. The van der Waals surface area contributed by atoms with Crippen LogP contribution >= 0.6 is 0 Å². The summed E-state index contributed by atoms with van der Waals surface area (Å²) in [6, 6.07) is 10.5. The summed E-state index contributed by atoms with van der Waals surface area (Å²) >= 11 is 0. The van der Waals surface area contributed by atoms with Crippen molar-refractivity contribution < 1.29 is 22.7 Å². The molecule has 2 unspecified atom stereocenters. The van der Waals surface area contributed by atoms with Crippen LogP contribution in [0.25, 0.3) is 11.4 Å². The van der Waals surface area contributed by atoms with Crippen molar-refractivity contribution in [2.45, 2.75) is 44.4 Å². The van der Waals surface area contributed by atoms with E-state index in [-0.39, 0.29) is 18.2 Å². The molecule has 1 aliphatic heterocycles. The molecule has 12 heteroatoms. The average Bonchev–Trinajstić information content (AvgIpc) is 3.53. The molecule has 3 aromatic rings. The highest BCUT2D eigenvalue weighted by atomic mass is 19.4. The van der Waals surface area contributed by atoms with Crippen molar-refractivity contribution in [1.82, 2.24) is 19.7 Å².